The number of nitrogens with zero attached hydrogens (tertiary/aromatic N) is 3. The lowest BCUT2D eigenvalue weighted by Crippen LogP contribution is -2.29. The number of aromatic nitrogens is 2. The quantitative estimate of drug-likeness (QED) is 0.606. The molecule has 146 valence electrons. The van der Waals surface area contributed by atoms with E-state index in [0.29, 0.717) is 4.68 Å². The molecular formula is C19H15F4N3O2. The van der Waals surface area contributed by atoms with Crippen LogP contribution in [0.1, 0.15) is 11.3 Å². The van der Waals surface area contributed by atoms with E-state index in [2.05, 4.69) is 5.10 Å². The summed E-state index contributed by atoms with van der Waals surface area (Å²) in [6.07, 6.45) is -5.08. The van der Waals surface area contributed by atoms with Gasteiger partial charge in [0.1, 0.15) is 5.82 Å². The van der Waals surface area contributed by atoms with E-state index in [9.17, 15) is 22.4 Å². The van der Waals surface area contributed by atoms with Crippen molar-refractivity contribution in [3.05, 3.63) is 77.9 Å². The fourth-order valence-electron chi connectivity index (χ4n) is 2.57. The summed E-state index contributed by atoms with van der Waals surface area (Å²) in [5, 5.41) is 3.62. The van der Waals surface area contributed by atoms with E-state index in [1.165, 1.54) is 19.2 Å². The van der Waals surface area contributed by atoms with Gasteiger partial charge in [0, 0.05) is 13.6 Å². The van der Waals surface area contributed by atoms with Crippen molar-refractivity contribution in [2.75, 3.05) is 7.05 Å². The molecule has 0 aliphatic rings. The van der Waals surface area contributed by atoms with Crippen LogP contribution in [-0.4, -0.2) is 27.8 Å². The summed E-state index contributed by atoms with van der Waals surface area (Å²) in [5.41, 5.74) is -0.666. The number of rotatable bonds is 4. The van der Waals surface area contributed by atoms with Crippen molar-refractivity contribution in [3.63, 3.8) is 0 Å². The number of ether oxygens (including phenoxy) is 1. The highest BCUT2D eigenvalue weighted by atomic mass is 19.4. The summed E-state index contributed by atoms with van der Waals surface area (Å²) in [6.45, 7) is 0.152. The highest BCUT2D eigenvalue weighted by molar-refractivity contribution is 5.70. The first-order valence-electron chi connectivity index (χ1n) is 8.14. The molecule has 5 nitrogen and oxygen atoms in total. The van der Waals surface area contributed by atoms with Crippen molar-refractivity contribution < 1.29 is 27.1 Å². The normalized spacial score (nSPS) is 11.3. The van der Waals surface area contributed by atoms with Crippen LogP contribution in [0.5, 0.6) is 5.75 Å². The van der Waals surface area contributed by atoms with E-state index in [4.69, 9.17) is 4.74 Å². The molecule has 1 amide bonds. The largest absolute Gasteiger partial charge is 0.437 e. The van der Waals surface area contributed by atoms with Gasteiger partial charge in [-0.15, -0.1) is 0 Å². The third kappa shape index (κ3) is 4.30. The second kappa shape index (κ2) is 7.71. The van der Waals surface area contributed by atoms with Gasteiger partial charge in [-0.25, -0.2) is 13.9 Å². The minimum absolute atomic E-state index is 0.146. The highest BCUT2D eigenvalue weighted by Crippen LogP contribution is 2.37. The van der Waals surface area contributed by atoms with E-state index < -0.39 is 29.5 Å². The van der Waals surface area contributed by atoms with Crippen LogP contribution in [-0.2, 0) is 12.7 Å². The summed E-state index contributed by atoms with van der Waals surface area (Å²) in [4.78, 5) is 13.4. The number of hydrogen-bond donors (Lipinski definition) is 0. The van der Waals surface area contributed by atoms with E-state index in [-0.39, 0.29) is 12.2 Å². The molecule has 9 heteroatoms. The predicted octanol–water partition coefficient (Wildman–Crippen LogP) is 4.66. The molecule has 0 radical (unpaired) electrons. The minimum Gasteiger partial charge on any atom is -0.406 e. The SMILES string of the molecule is CN(Cc1ccccc1)C(=O)Oc1cnn(-c2cccc(F)c2)c1C(F)(F)F. The molecule has 1 aromatic heterocycles. The van der Waals surface area contributed by atoms with E-state index in [1.54, 1.807) is 30.3 Å². The lowest BCUT2D eigenvalue weighted by molar-refractivity contribution is -0.143. The molecule has 3 rings (SSSR count). The molecule has 28 heavy (non-hydrogen) atoms. The Morgan fingerprint density at radius 3 is 2.50 bits per heavy atom. The first kappa shape index (κ1) is 19.4. The van der Waals surface area contributed by atoms with Gasteiger partial charge in [0.2, 0.25) is 0 Å². The zero-order chi connectivity index (χ0) is 20.3. The Labute approximate surface area is 157 Å². The van der Waals surface area contributed by atoms with E-state index >= 15 is 0 Å². The summed E-state index contributed by atoms with van der Waals surface area (Å²) in [5.74, 6) is -1.48. The summed E-state index contributed by atoms with van der Waals surface area (Å²) >= 11 is 0. The smallest absolute Gasteiger partial charge is 0.406 e. The number of benzene rings is 2. The van der Waals surface area contributed by atoms with Crippen molar-refractivity contribution >= 4 is 6.09 Å². The molecule has 0 unspecified atom stereocenters. The predicted molar refractivity (Wildman–Crippen MR) is 92.5 cm³/mol. The fourth-order valence-corrected chi connectivity index (χ4v) is 2.57. The summed E-state index contributed by atoms with van der Waals surface area (Å²) < 4.78 is 59.5. The summed E-state index contributed by atoms with van der Waals surface area (Å²) in [6, 6.07) is 13.4. The number of halogens is 4. The second-order valence-electron chi connectivity index (χ2n) is 5.96. The number of amides is 1. The molecule has 0 N–H and O–H groups in total. The Bertz CT molecular complexity index is 971. The minimum atomic E-state index is -4.88. The molecule has 0 bridgehead atoms. The van der Waals surface area contributed by atoms with E-state index in [1.807, 2.05) is 0 Å². The van der Waals surface area contributed by atoms with Gasteiger partial charge in [-0.1, -0.05) is 36.4 Å². The Morgan fingerprint density at radius 2 is 1.86 bits per heavy atom. The average molecular weight is 393 g/mol. The molecule has 1 heterocycles. The van der Waals surface area contributed by atoms with Crippen LogP contribution in [0, 0.1) is 5.82 Å². The number of hydrogen-bond acceptors (Lipinski definition) is 3. The highest BCUT2D eigenvalue weighted by Gasteiger charge is 2.40. The van der Waals surface area contributed by atoms with Gasteiger partial charge in [-0.05, 0) is 23.8 Å². The number of alkyl halides is 3. The van der Waals surface area contributed by atoms with Crippen LogP contribution in [0.25, 0.3) is 5.69 Å². The Balaban J connectivity index is 1.87. The monoisotopic (exact) mass is 393 g/mol. The first-order chi connectivity index (χ1) is 13.3. The molecule has 2 aromatic carbocycles. The maximum Gasteiger partial charge on any atom is 0.437 e. The standard InChI is InChI=1S/C19H15F4N3O2/c1-25(12-13-6-3-2-4-7-13)18(27)28-16-11-24-26(17(16)19(21,22)23)15-9-5-8-14(20)10-15/h2-11H,12H2,1H3. The Hall–Kier alpha value is -3.36. The lowest BCUT2D eigenvalue weighted by Gasteiger charge is -2.18. The second-order valence-corrected chi connectivity index (χ2v) is 5.96. The van der Waals surface area contributed by atoms with Crippen LogP contribution in [0.15, 0.2) is 60.8 Å². The van der Waals surface area contributed by atoms with Crippen molar-refractivity contribution in [2.45, 2.75) is 12.7 Å². The molecule has 0 aliphatic heterocycles. The van der Waals surface area contributed by atoms with Crippen molar-refractivity contribution in [1.82, 2.24) is 14.7 Å². The molecule has 0 atom stereocenters. The molecule has 0 aliphatic carbocycles. The van der Waals surface area contributed by atoms with Crippen LogP contribution in [0.3, 0.4) is 0 Å². The third-order valence-electron chi connectivity index (χ3n) is 3.83. The molecule has 0 saturated carbocycles. The van der Waals surface area contributed by atoms with E-state index in [0.717, 1.165) is 28.8 Å². The lowest BCUT2D eigenvalue weighted by atomic mass is 10.2. The van der Waals surface area contributed by atoms with Crippen molar-refractivity contribution in [2.24, 2.45) is 0 Å². The number of carbonyl (C=O) groups is 1. The molecule has 3 aromatic rings. The molecule has 0 saturated heterocycles. The summed E-state index contributed by atoms with van der Waals surface area (Å²) in [7, 11) is 1.40. The van der Waals surface area contributed by atoms with Crippen molar-refractivity contribution in [3.8, 4) is 11.4 Å². The van der Waals surface area contributed by atoms with Crippen LogP contribution >= 0.6 is 0 Å². The average Bonchev–Trinajstić information content (AvgIpc) is 3.06. The van der Waals surface area contributed by atoms with Gasteiger partial charge in [0.25, 0.3) is 0 Å². The molecule has 0 spiro atoms. The van der Waals surface area contributed by atoms with Crippen LogP contribution in [0.2, 0.25) is 0 Å². The molecule has 0 fully saturated rings. The number of carbonyl (C=O) groups excluding carboxylic acids is 1. The zero-order valence-electron chi connectivity index (χ0n) is 14.7. The third-order valence-corrected chi connectivity index (χ3v) is 3.83. The van der Waals surface area contributed by atoms with Gasteiger partial charge < -0.3 is 9.64 Å². The topological polar surface area (TPSA) is 47.4 Å². The van der Waals surface area contributed by atoms with Gasteiger partial charge >= 0.3 is 12.3 Å². The molecular weight excluding hydrogens is 378 g/mol. The maximum absolute atomic E-state index is 13.6. The maximum atomic E-state index is 13.6. The van der Waals surface area contributed by atoms with Crippen molar-refractivity contribution in [1.29, 1.82) is 0 Å². The fraction of sp³-hybridized carbons (Fsp3) is 0.158. The van der Waals surface area contributed by atoms with Gasteiger partial charge in [-0.3, -0.25) is 0 Å². The van der Waals surface area contributed by atoms with Gasteiger partial charge in [-0.2, -0.15) is 18.3 Å². The van der Waals surface area contributed by atoms with Gasteiger partial charge in [0.05, 0.1) is 11.9 Å². The Morgan fingerprint density at radius 1 is 1.14 bits per heavy atom. The Kier molecular flexibility index (Phi) is 5.34. The van der Waals surface area contributed by atoms with Gasteiger partial charge in [0.15, 0.2) is 11.4 Å². The first-order valence-corrected chi connectivity index (χ1v) is 8.14. The zero-order valence-corrected chi connectivity index (χ0v) is 14.7. The van der Waals surface area contributed by atoms with Crippen LogP contribution in [0.4, 0.5) is 22.4 Å². The van der Waals surface area contributed by atoms with Crippen LogP contribution < -0.4 is 4.74 Å².